The Morgan fingerprint density at radius 3 is 2.52 bits per heavy atom. The van der Waals surface area contributed by atoms with Gasteiger partial charge in [-0.1, -0.05) is 47.7 Å². The first kappa shape index (κ1) is 27.1. The average Bonchev–Trinajstić information content (AvgIpc) is 3.26. The molecule has 0 bridgehead atoms. The molecule has 0 saturated heterocycles. The first-order valence-corrected chi connectivity index (χ1v) is 13.5. The highest BCUT2D eigenvalue weighted by molar-refractivity contribution is 7.07. The molecule has 3 aromatic carbocycles. The van der Waals surface area contributed by atoms with E-state index in [0.717, 1.165) is 16.7 Å². The van der Waals surface area contributed by atoms with Crippen molar-refractivity contribution in [3.8, 4) is 11.5 Å². The second-order valence-electron chi connectivity index (χ2n) is 9.06. The third kappa shape index (κ3) is 5.60. The number of thiazole rings is 1. The summed E-state index contributed by atoms with van der Waals surface area (Å²) in [6, 6.07) is 20.0. The second kappa shape index (κ2) is 11.7. The predicted molar refractivity (Wildman–Crippen MR) is 151 cm³/mol. The van der Waals surface area contributed by atoms with Crippen LogP contribution in [0.2, 0.25) is 0 Å². The maximum Gasteiger partial charge on any atom is 0.338 e. The molecule has 0 amide bonds. The van der Waals surface area contributed by atoms with Gasteiger partial charge in [0.2, 0.25) is 0 Å². The van der Waals surface area contributed by atoms with Crippen molar-refractivity contribution in [1.82, 2.24) is 4.57 Å². The molecule has 0 spiro atoms. The van der Waals surface area contributed by atoms with Crippen molar-refractivity contribution >= 4 is 23.4 Å². The molecule has 9 heteroatoms. The van der Waals surface area contributed by atoms with Crippen LogP contribution in [0.15, 0.2) is 93.9 Å². The van der Waals surface area contributed by atoms with E-state index in [1.54, 1.807) is 55.9 Å². The molecule has 5 rings (SSSR count). The number of halogens is 1. The summed E-state index contributed by atoms with van der Waals surface area (Å²) >= 11 is 1.25. The third-order valence-corrected chi connectivity index (χ3v) is 7.41. The zero-order valence-electron chi connectivity index (χ0n) is 22.2. The van der Waals surface area contributed by atoms with E-state index in [2.05, 4.69) is 4.99 Å². The van der Waals surface area contributed by atoms with E-state index in [1.807, 2.05) is 36.4 Å². The number of esters is 1. The lowest BCUT2D eigenvalue weighted by molar-refractivity contribution is -0.139. The van der Waals surface area contributed by atoms with Crippen molar-refractivity contribution in [3.05, 3.63) is 126 Å². The van der Waals surface area contributed by atoms with Crippen LogP contribution in [-0.4, -0.2) is 24.3 Å². The van der Waals surface area contributed by atoms with Crippen LogP contribution < -0.4 is 24.4 Å². The molecular formula is C31H27FN2O5S. The van der Waals surface area contributed by atoms with Gasteiger partial charge in [0.25, 0.3) is 5.56 Å². The van der Waals surface area contributed by atoms with Crippen LogP contribution in [-0.2, 0) is 16.1 Å². The minimum atomic E-state index is -0.700. The van der Waals surface area contributed by atoms with Crippen molar-refractivity contribution in [2.75, 3.05) is 13.7 Å². The molecule has 1 aliphatic heterocycles. The van der Waals surface area contributed by atoms with Gasteiger partial charge in [0.05, 0.1) is 35.6 Å². The molecule has 1 aliphatic rings. The minimum Gasteiger partial charge on any atom is -0.497 e. The molecule has 2 heterocycles. The lowest BCUT2D eigenvalue weighted by Crippen LogP contribution is -2.39. The number of fused-ring (bicyclic) bond motifs is 1. The number of carbonyl (C=O) groups is 1. The zero-order valence-corrected chi connectivity index (χ0v) is 23.0. The SMILES string of the molecule is CCOC(=O)C1=C(C)N=c2sc(=Cc3cccc(OCc4ccc(F)cc4)c3)c(=O)n2[C@H]1c1ccc(OC)cc1. The molecule has 0 saturated carbocycles. The molecule has 204 valence electrons. The Kier molecular flexibility index (Phi) is 7.93. The van der Waals surface area contributed by atoms with E-state index in [1.165, 1.54) is 23.5 Å². The number of nitrogens with zero attached hydrogens (tertiary/aromatic N) is 2. The fourth-order valence-corrected chi connectivity index (χ4v) is 5.53. The molecular weight excluding hydrogens is 531 g/mol. The summed E-state index contributed by atoms with van der Waals surface area (Å²) in [6.07, 6.45) is 1.78. The highest BCUT2D eigenvalue weighted by Gasteiger charge is 2.33. The highest BCUT2D eigenvalue weighted by Crippen LogP contribution is 2.31. The lowest BCUT2D eigenvalue weighted by atomic mass is 9.96. The van der Waals surface area contributed by atoms with Gasteiger partial charge < -0.3 is 14.2 Å². The molecule has 0 N–H and O–H groups in total. The summed E-state index contributed by atoms with van der Waals surface area (Å²) in [5, 5.41) is 0. The van der Waals surface area contributed by atoms with Crippen molar-refractivity contribution in [3.63, 3.8) is 0 Å². The number of benzene rings is 3. The summed E-state index contributed by atoms with van der Waals surface area (Å²) in [6.45, 7) is 3.98. The molecule has 0 fully saturated rings. The number of hydrogen-bond acceptors (Lipinski definition) is 7. The summed E-state index contributed by atoms with van der Waals surface area (Å²) < 4.78 is 31.7. The van der Waals surface area contributed by atoms with Crippen LogP contribution in [0.4, 0.5) is 4.39 Å². The maximum absolute atomic E-state index is 13.8. The highest BCUT2D eigenvalue weighted by atomic mass is 32.1. The number of methoxy groups -OCH3 is 1. The van der Waals surface area contributed by atoms with Crippen LogP contribution in [0.5, 0.6) is 11.5 Å². The number of aromatic nitrogens is 1. The largest absolute Gasteiger partial charge is 0.497 e. The van der Waals surface area contributed by atoms with E-state index >= 15 is 0 Å². The van der Waals surface area contributed by atoms with Crippen molar-refractivity contribution in [1.29, 1.82) is 0 Å². The fourth-order valence-electron chi connectivity index (χ4n) is 4.49. The Morgan fingerprint density at radius 1 is 1.07 bits per heavy atom. The average molecular weight is 559 g/mol. The van der Waals surface area contributed by atoms with Crippen LogP contribution >= 0.6 is 11.3 Å². The summed E-state index contributed by atoms with van der Waals surface area (Å²) in [7, 11) is 1.58. The van der Waals surface area contributed by atoms with E-state index in [4.69, 9.17) is 14.2 Å². The van der Waals surface area contributed by atoms with Crippen LogP contribution in [0.3, 0.4) is 0 Å². The molecule has 1 aromatic heterocycles. The minimum absolute atomic E-state index is 0.203. The molecule has 0 unspecified atom stereocenters. The Bertz CT molecular complexity index is 1760. The standard InChI is InChI=1S/C31H27FN2O5S/c1-4-38-30(36)27-19(2)33-31-34(28(27)22-10-14-24(37-3)15-11-22)29(35)26(40-31)17-21-6-5-7-25(16-21)39-18-20-8-12-23(32)13-9-20/h5-17,28H,4,18H2,1-3H3/t28-/m0/s1. The van der Waals surface area contributed by atoms with Gasteiger partial charge in [-0.25, -0.2) is 14.2 Å². The fraction of sp³-hybridized carbons (Fsp3) is 0.194. The van der Waals surface area contributed by atoms with Crippen LogP contribution in [0, 0.1) is 5.82 Å². The molecule has 7 nitrogen and oxygen atoms in total. The molecule has 0 aliphatic carbocycles. The van der Waals surface area contributed by atoms with E-state index in [9.17, 15) is 14.0 Å². The van der Waals surface area contributed by atoms with Crippen molar-refractivity contribution in [2.24, 2.45) is 4.99 Å². The zero-order chi connectivity index (χ0) is 28.2. The molecule has 1 atom stereocenters. The first-order valence-electron chi connectivity index (χ1n) is 12.7. The molecule has 40 heavy (non-hydrogen) atoms. The van der Waals surface area contributed by atoms with Gasteiger partial charge in [-0.05, 0) is 73.0 Å². The normalized spacial score (nSPS) is 14.9. The summed E-state index contributed by atoms with van der Waals surface area (Å²) in [5.74, 6) is 0.467. The van der Waals surface area contributed by atoms with Gasteiger partial charge in [0.15, 0.2) is 4.80 Å². The van der Waals surface area contributed by atoms with E-state index in [0.29, 0.717) is 32.1 Å². The summed E-state index contributed by atoms with van der Waals surface area (Å²) in [5.41, 5.74) is 2.90. The number of rotatable bonds is 8. The van der Waals surface area contributed by atoms with Crippen LogP contribution in [0.25, 0.3) is 6.08 Å². The topological polar surface area (TPSA) is 79.1 Å². The number of carbonyl (C=O) groups excluding carboxylic acids is 1. The monoisotopic (exact) mass is 558 g/mol. The maximum atomic E-state index is 13.8. The van der Waals surface area contributed by atoms with Crippen molar-refractivity contribution in [2.45, 2.75) is 26.5 Å². The Balaban J connectivity index is 1.53. The van der Waals surface area contributed by atoms with Crippen molar-refractivity contribution < 1.29 is 23.4 Å². The Morgan fingerprint density at radius 2 is 1.82 bits per heavy atom. The molecule has 4 aromatic rings. The predicted octanol–water partition coefficient (Wildman–Crippen LogP) is 4.53. The van der Waals surface area contributed by atoms with E-state index < -0.39 is 12.0 Å². The van der Waals surface area contributed by atoms with Crippen LogP contribution in [0.1, 0.15) is 36.6 Å². The van der Waals surface area contributed by atoms with Gasteiger partial charge in [0, 0.05) is 0 Å². The van der Waals surface area contributed by atoms with Gasteiger partial charge in [-0.15, -0.1) is 0 Å². The quantitative estimate of drug-likeness (QED) is 0.297. The summed E-state index contributed by atoms with van der Waals surface area (Å²) in [4.78, 5) is 31.9. The van der Waals surface area contributed by atoms with Gasteiger partial charge in [-0.3, -0.25) is 9.36 Å². The van der Waals surface area contributed by atoms with Gasteiger partial charge in [-0.2, -0.15) is 0 Å². The molecule has 0 radical (unpaired) electrons. The number of ether oxygens (including phenoxy) is 3. The first-order chi connectivity index (χ1) is 19.4. The van der Waals surface area contributed by atoms with Gasteiger partial charge in [0.1, 0.15) is 23.9 Å². The third-order valence-electron chi connectivity index (χ3n) is 6.42. The Labute approximate surface area is 234 Å². The van der Waals surface area contributed by atoms with E-state index in [-0.39, 0.29) is 24.6 Å². The Hall–Kier alpha value is -4.50. The number of hydrogen-bond donors (Lipinski definition) is 0. The number of allylic oxidation sites excluding steroid dienone is 1. The second-order valence-corrected chi connectivity index (χ2v) is 10.1. The van der Waals surface area contributed by atoms with Gasteiger partial charge >= 0.3 is 5.97 Å². The smallest absolute Gasteiger partial charge is 0.338 e. The lowest BCUT2D eigenvalue weighted by Gasteiger charge is -2.24.